The Morgan fingerprint density at radius 2 is 1.91 bits per heavy atom. The molecule has 0 bridgehead atoms. The molecule has 0 fully saturated rings. The number of aliphatic carboxylic acids is 1. The highest BCUT2D eigenvalue weighted by Crippen LogP contribution is 2.18. The molecule has 2 unspecified atom stereocenters. The van der Waals surface area contributed by atoms with Gasteiger partial charge in [0.15, 0.2) is 6.17 Å². The largest absolute Gasteiger partial charge is 0.481 e. The van der Waals surface area contributed by atoms with Crippen LogP contribution in [0.5, 0.6) is 0 Å². The van der Waals surface area contributed by atoms with E-state index in [4.69, 9.17) is 5.11 Å². The summed E-state index contributed by atoms with van der Waals surface area (Å²) >= 11 is 0. The van der Waals surface area contributed by atoms with Crippen LogP contribution >= 0.6 is 0 Å². The summed E-state index contributed by atoms with van der Waals surface area (Å²) in [7, 11) is 0. The van der Waals surface area contributed by atoms with Gasteiger partial charge in [-0.25, -0.2) is 13.2 Å². The first kappa shape index (κ1) is 10.3. The van der Waals surface area contributed by atoms with Crippen LogP contribution in [0.3, 0.4) is 0 Å². The first-order valence-electron chi connectivity index (χ1n) is 3.15. The molecule has 0 saturated carbocycles. The Balaban J connectivity index is 4.14. The van der Waals surface area contributed by atoms with Crippen LogP contribution in [0.4, 0.5) is 13.2 Å². The van der Waals surface area contributed by atoms with E-state index < -0.39 is 24.5 Å². The molecule has 0 rings (SSSR count). The van der Waals surface area contributed by atoms with Crippen molar-refractivity contribution in [3.63, 3.8) is 0 Å². The van der Waals surface area contributed by atoms with E-state index in [1.165, 1.54) is 6.92 Å². The van der Waals surface area contributed by atoms with Gasteiger partial charge in [-0.05, 0) is 6.42 Å². The van der Waals surface area contributed by atoms with Crippen LogP contribution in [-0.4, -0.2) is 23.7 Å². The first-order chi connectivity index (χ1) is 5.00. The molecule has 0 aromatic rings. The van der Waals surface area contributed by atoms with Crippen molar-refractivity contribution in [3.8, 4) is 0 Å². The summed E-state index contributed by atoms with van der Waals surface area (Å²) in [5.41, 5.74) is 0. The first-order valence-corrected chi connectivity index (χ1v) is 3.15. The molecule has 5 heteroatoms. The van der Waals surface area contributed by atoms with Crippen LogP contribution in [0.15, 0.2) is 0 Å². The van der Waals surface area contributed by atoms with E-state index in [1.54, 1.807) is 0 Å². The number of hydrogen-bond acceptors (Lipinski definition) is 1. The Kier molecular flexibility index (Phi) is 3.92. The maximum absolute atomic E-state index is 12.3. The molecule has 0 aliphatic rings. The lowest BCUT2D eigenvalue weighted by molar-refractivity contribution is -0.147. The quantitative estimate of drug-likeness (QED) is 0.697. The molecule has 1 N–H and O–H groups in total. The molecule has 0 radical (unpaired) electrons. The molecule has 0 aromatic carbocycles. The zero-order valence-electron chi connectivity index (χ0n) is 5.93. The number of halogens is 3. The van der Waals surface area contributed by atoms with E-state index in [9.17, 15) is 18.0 Å². The van der Waals surface area contributed by atoms with E-state index in [0.29, 0.717) is 0 Å². The van der Waals surface area contributed by atoms with Gasteiger partial charge in [0.2, 0.25) is 0 Å². The lowest BCUT2D eigenvalue weighted by Crippen LogP contribution is -2.29. The van der Waals surface area contributed by atoms with E-state index in [2.05, 4.69) is 0 Å². The van der Waals surface area contributed by atoms with Crippen molar-refractivity contribution >= 4 is 5.97 Å². The van der Waals surface area contributed by atoms with Crippen molar-refractivity contribution < 1.29 is 23.1 Å². The van der Waals surface area contributed by atoms with Crippen LogP contribution in [0.1, 0.15) is 13.3 Å². The standard InChI is InChI=1S/C6H9F3O2/c1-2-3(6(10)11)4(7)5(8)9/h3-5H,2H2,1H3,(H,10,11). The normalized spacial score (nSPS) is 16.5. The topological polar surface area (TPSA) is 37.3 Å². The summed E-state index contributed by atoms with van der Waals surface area (Å²) in [6, 6.07) is 0. The zero-order chi connectivity index (χ0) is 9.02. The molecule has 0 aliphatic heterocycles. The van der Waals surface area contributed by atoms with Crippen LogP contribution in [-0.2, 0) is 4.79 Å². The lowest BCUT2D eigenvalue weighted by atomic mass is 10.0. The minimum Gasteiger partial charge on any atom is -0.481 e. The number of carboxylic acids is 1. The number of alkyl halides is 3. The summed E-state index contributed by atoms with van der Waals surface area (Å²) in [4.78, 5) is 10.1. The van der Waals surface area contributed by atoms with E-state index in [0.717, 1.165) is 0 Å². The Labute approximate surface area is 62.0 Å². The smallest absolute Gasteiger partial charge is 0.309 e. The van der Waals surface area contributed by atoms with Gasteiger partial charge in [-0.15, -0.1) is 0 Å². The molecule has 0 aromatic heterocycles. The molecule has 2 atom stereocenters. The van der Waals surface area contributed by atoms with Crippen molar-refractivity contribution in [3.05, 3.63) is 0 Å². The second-order valence-corrected chi connectivity index (χ2v) is 2.13. The second-order valence-electron chi connectivity index (χ2n) is 2.13. The van der Waals surface area contributed by atoms with Gasteiger partial charge >= 0.3 is 5.97 Å². The molecule has 0 heterocycles. The van der Waals surface area contributed by atoms with Crippen molar-refractivity contribution in [1.82, 2.24) is 0 Å². The van der Waals surface area contributed by atoms with Gasteiger partial charge in [-0.3, -0.25) is 4.79 Å². The molecule has 0 saturated heterocycles. The maximum Gasteiger partial charge on any atom is 0.309 e. The second kappa shape index (κ2) is 4.20. The Morgan fingerprint density at radius 3 is 2.00 bits per heavy atom. The molecule has 2 nitrogen and oxygen atoms in total. The number of carbonyl (C=O) groups is 1. The molecule has 11 heavy (non-hydrogen) atoms. The number of hydrogen-bond donors (Lipinski definition) is 1. The predicted molar refractivity (Wildman–Crippen MR) is 32.3 cm³/mol. The van der Waals surface area contributed by atoms with Crippen LogP contribution in [0.2, 0.25) is 0 Å². The van der Waals surface area contributed by atoms with Gasteiger partial charge < -0.3 is 5.11 Å². The van der Waals surface area contributed by atoms with Crippen molar-refractivity contribution in [1.29, 1.82) is 0 Å². The summed E-state index contributed by atoms with van der Waals surface area (Å²) < 4.78 is 35.5. The Bertz CT molecular complexity index is 138. The Morgan fingerprint density at radius 1 is 1.45 bits per heavy atom. The fraction of sp³-hybridized carbons (Fsp3) is 0.833. The molecule has 0 spiro atoms. The molecular formula is C6H9F3O2. The third kappa shape index (κ3) is 2.78. The van der Waals surface area contributed by atoms with Crippen molar-refractivity contribution in [2.75, 3.05) is 0 Å². The van der Waals surface area contributed by atoms with Crippen LogP contribution in [0.25, 0.3) is 0 Å². The summed E-state index contributed by atoms with van der Waals surface area (Å²) in [6.07, 6.45) is -5.89. The highest BCUT2D eigenvalue weighted by Gasteiger charge is 2.33. The van der Waals surface area contributed by atoms with Gasteiger partial charge in [0, 0.05) is 0 Å². The van der Waals surface area contributed by atoms with Gasteiger partial charge in [0.05, 0.1) is 5.92 Å². The average molecular weight is 170 g/mol. The lowest BCUT2D eigenvalue weighted by Gasteiger charge is -2.13. The fourth-order valence-corrected chi connectivity index (χ4v) is 0.712. The summed E-state index contributed by atoms with van der Waals surface area (Å²) in [5, 5.41) is 8.22. The predicted octanol–water partition coefficient (Wildman–Crippen LogP) is 1.70. The SMILES string of the molecule is CCC(C(=O)O)C(F)C(F)F. The minimum atomic E-state index is -3.21. The van der Waals surface area contributed by atoms with Gasteiger partial charge in [0.25, 0.3) is 6.43 Å². The van der Waals surface area contributed by atoms with Gasteiger partial charge in [-0.1, -0.05) is 6.92 Å². The van der Waals surface area contributed by atoms with Crippen molar-refractivity contribution in [2.45, 2.75) is 25.9 Å². The monoisotopic (exact) mass is 170 g/mol. The van der Waals surface area contributed by atoms with Crippen molar-refractivity contribution in [2.24, 2.45) is 5.92 Å². The minimum absolute atomic E-state index is 0.124. The third-order valence-electron chi connectivity index (χ3n) is 1.38. The summed E-state index contributed by atoms with van der Waals surface area (Å²) in [5.74, 6) is -3.10. The fourth-order valence-electron chi connectivity index (χ4n) is 0.712. The molecule has 0 aliphatic carbocycles. The highest BCUT2D eigenvalue weighted by molar-refractivity contribution is 5.70. The van der Waals surface area contributed by atoms with Gasteiger partial charge in [-0.2, -0.15) is 0 Å². The zero-order valence-corrected chi connectivity index (χ0v) is 5.93. The number of rotatable bonds is 4. The van der Waals surface area contributed by atoms with Crippen LogP contribution in [0, 0.1) is 5.92 Å². The highest BCUT2D eigenvalue weighted by atomic mass is 19.3. The molecular weight excluding hydrogens is 161 g/mol. The summed E-state index contributed by atoms with van der Waals surface area (Å²) in [6.45, 7) is 1.35. The van der Waals surface area contributed by atoms with Crippen LogP contribution < -0.4 is 0 Å². The molecule has 0 amide bonds. The third-order valence-corrected chi connectivity index (χ3v) is 1.38. The van der Waals surface area contributed by atoms with E-state index >= 15 is 0 Å². The average Bonchev–Trinajstić information content (AvgIpc) is 1.88. The maximum atomic E-state index is 12.3. The van der Waals surface area contributed by atoms with Gasteiger partial charge in [0.1, 0.15) is 0 Å². The number of carboxylic acid groups (broad SMARTS) is 1. The molecule has 66 valence electrons. The van der Waals surface area contributed by atoms with E-state index in [1.807, 2.05) is 0 Å². The van der Waals surface area contributed by atoms with E-state index in [-0.39, 0.29) is 6.42 Å². The Hall–Kier alpha value is -0.740.